The maximum absolute atomic E-state index is 13.2. The first-order valence-corrected chi connectivity index (χ1v) is 8.61. The molecule has 1 aromatic carbocycles. The average Bonchev–Trinajstić information content (AvgIpc) is 2.62. The maximum Gasteiger partial charge on any atom is 0.165 e. The van der Waals surface area contributed by atoms with Crippen LogP contribution in [-0.2, 0) is 14.3 Å². The van der Waals surface area contributed by atoms with Crippen LogP contribution in [0.25, 0.3) is 6.08 Å². The number of benzene rings is 1. The molecule has 3 nitrogen and oxygen atoms in total. The van der Waals surface area contributed by atoms with Gasteiger partial charge in [-0.1, -0.05) is 37.3 Å². The summed E-state index contributed by atoms with van der Waals surface area (Å²) >= 11 is 0. The highest BCUT2D eigenvalue weighted by atomic mass is 16.5. The number of ketones is 1. The van der Waals surface area contributed by atoms with Gasteiger partial charge in [-0.15, -0.1) is 0 Å². The Kier molecular flexibility index (Phi) is 4.98. The first-order valence-electron chi connectivity index (χ1n) is 8.61. The highest BCUT2D eigenvalue weighted by Crippen LogP contribution is 2.46. The van der Waals surface area contributed by atoms with E-state index in [1.165, 1.54) is 0 Å². The van der Waals surface area contributed by atoms with Crippen molar-refractivity contribution in [2.45, 2.75) is 39.2 Å². The van der Waals surface area contributed by atoms with Crippen molar-refractivity contribution < 1.29 is 14.3 Å². The number of carbonyl (C=O) groups is 1. The third-order valence-electron chi connectivity index (χ3n) is 5.43. The minimum absolute atomic E-state index is 0.101. The predicted molar refractivity (Wildman–Crippen MR) is 91.1 cm³/mol. The third-order valence-corrected chi connectivity index (χ3v) is 5.43. The van der Waals surface area contributed by atoms with Crippen molar-refractivity contribution in [3.05, 3.63) is 41.5 Å². The second kappa shape index (κ2) is 6.98. The van der Waals surface area contributed by atoms with Crippen molar-refractivity contribution in [3.63, 3.8) is 0 Å². The van der Waals surface area contributed by atoms with Crippen molar-refractivity contribution in [1.29, 1.82) is 0 Å². The summed E-state index contributed by atoms with van der Waals surface area (Å²) in [5, 5.41) is 0. The molecule has 3 heteroatoms. The van der Waals surface area contributed by atoms with Crippen molar-refractivity contribution in [3.8, 4) is 0 Å². The van der Waals surface area contributed by atoms with E-state index in [0.29, 0.717) is 19.8 Å². The van der Waals surface area contributed by atoms with Gasteiger partial charge in [-0.3, -0.25) is 4.79 Å². The van der Waals surface area contributed by atoms with Crippen LogP contribution in [-0.4, -0.2) is 31.7 Å². The van der Waals surface area contributed by atoms with Crippen LogP contribution in [0.1, 0.15) is 38.7 Å². The van der Waals surface area contributed by atoms with Crippen LogP contribution in [0.15, 0.2) is 35.9 Å². The summed E-state index contributed by atoms with van der Waals surface area (Å²) in [5.41, 5.74) is 1.66. The van der Waals surface area contributed by atoms with E-state index >= 15 is 0 Å². The van der Waals surface area contributed by atoms with Gasteiger partial charge in [-0.2, -0.15) is 0 Å². The Morgan fingerprint density at radius 3 is 2.74 bits per heavy atom. The molecule has 0 N–H and O–H groups in total. The van der Waals surface area contributed by atoms with Crippen LogP contribution in [0.5, 0.6) is 0 Å². The SMILES string of the molecule is C[C@H]1OCCOCC[C@@]2(C)C(=O)/C(=C/c3ccccc3)CC[C@H]12. The standard InChI is InChI=1S/C20H26O3/c1-15-18-9-8-17(14-16-6-4-3-5-7-16)19(21)20(18,2)10-11-22-12-13-23-15/h3-7,14-15,18H,8-13H2,1-2H3/b17-14+/t15-,18-,20-/m1/s1. The van der Waals surface area contributed by atoms with E-state index in [1.54, 1.807) is 0 Å². The lowest BCUT2D eigenvalue weighted by Crippen LogP contribution is -2.46. The number of Topliss-reactive ketones (excluding diaryl/α,β-unsaturated/α-hetero) is 1. The number of allylic oxidation sites excluding steroid dienone is 1. The Labute approximate surface area is 138 Å². The topological polar surface area (TPSA) is 35.5 Å². The minimum atomic E-state index is -0.386. The summed E-state index contributed by atoms with van der Waals surface area (Å²) < 4.78 is 11.5. The molecular formula is C20H26O3. The number of ether oxygens (including phenoxy) is 2. The Hall–Kier alpha value is -1.45. The van der Waals surface area contributed by atoms with Gasteiger partial charge < -0.3 is 9.47 Å². The third kappa shape index (κ3) is 3.41. The van der Waals surface area contributed by atoms with Gasteiger partial charge in [0.2, 0.25) is 0 Å². The van der Waals surface area contributed by atoms with E-state index in [-0.39, 0.29) is 23.2 Å². The normalized spacial score (nSPS) is 34.3. The van der Waals surface area contributed by atoms with E-state index in [1.807, 2.05) is 30.3 Å². The van der Waals surface area contributed by atoms with Gasteiger partial charge in [0.25, 0.3) is 0 Å². The molecule has 2 aliphatic rings. The first-order chi connectivity index (χ1) is 11.1. The van der Waals surface area contributed by atoms with E-state index in [9.17, 15) is 4.79 Å². The number of carbonyl (C=O) groups excluding carboxylic acids is 1. The van der Waals surface area contributed by atoms with Gasteiger partial charge in [0.15, 0.2) is 5.78 Å². The fourth-order valence-corrected chi connectivity index (χ4v) is 4.01. The zero-order chi connectivity index (χ0) is 16.3. The monoisotopic (exact) mass is 314 g/mol. The molecule has 1 saturated heterocycles. The lowest BCUT2D eigenvalue weighted by atomic mass is 9.61. The summed E-state index contributed by atoms with van der Waals surface area (Å²) in [6.07, 6.45) is 4.77. The molecule has 3 atom stereocenters. The largest absolute Gasteiger partial charge is 0.379 e. The van der Waals surface area contributed by atoms with Crippen LogP contribution >= 0.6 is 0 Å². The molecule has 0 aromatic heterocycles. The van der Waals surface area contributed by atoms with Crippen LogP contribution < -0.4 is 0 Å². The van der Waals surface area contributed by atoms with Crippen LogP contribution in [0.2, 0.25) is 0 Å². The molecule has 3 rings (SSSR count). The molecule has 1 saturated carbocycles. The van der Waals surface area contributed by atoms with Crippen molar-refractivity contribution in [2.24, 2.45) is 11.3 Å². The number of hydrogen-bond acceptors (Lipinski definition) is 3. The van der Waals surface area contributed by atoms with E-state index in [2.05, 4.69) is 19.9 Å². The second-order valence-corrected chi connectivity index (χ2v) is 6.91. The zero-order valence-electron chi connectivity index (χ0n) is 14.1. The Balaban J connectivity index is 1.89. The average molecular weight is 314 g/mol. The van der Waals surface area contributed by atoms with Gasteiger partial charge in [0.1, 0.15) is 0 Å². The van der Waals surface area contributed by atoms with Crippen molar-refractivity contribution in [2.75, 3.05) is 19.8 Å². The molecular weight excluding hydrogens is 288 g/mol. The summed E-state index contributed by atoms with van der Waals surface area (Å²) in [6, 6.07) is 10.1. The molecule has 0 radical (unpaired) electrons. The zero-order valence-corrected chi connectivity index (χ0v) is 14.1. The highest BCUT2D eigenvalue weighted by molar-refractivity contribution is 6.04. The van der Waals surface area contributed by atoms with Gasteiger partial charge >= 0.3 is 0 Å². The maximum atomic E-state index is 13.2. The molecule has 23 heavy (non-hydrogen) atoms. The van der Waals surface area contributed by atoms with Crippen LogP contribution in [0.3, 0.4) is 0 Å². The Morgan fingerprint density at radius 2 is 1.96 bits per heavy atom. The Morgan fingerprint density at radius 1 is 1.17 bits per heavy atom. The fraction of sp³-hybridized carbons (Fsp3) is 0.550. The number of rotatable bonds is 1. The second-order valence-electron chi connectivity index (χ2n) is 6.91. The fourth-order valence-electron chi connectivity index (χ4n) is 4.01. The van der Waals surface area contributed by atoms with Crippen molar-refractivity contribution >= 4 is 11.9 Å². The highest BCUT2D eigenvalue weighted by Gasteiger charge is 2.47. The van der Waals surface area contributed by atoms with Gasteiger partial charge in [-0.05, 0) is 49.3 Å². The lowest BCUT2D eigenvalue weighted by Gasteiger charge is -2.43. The van der Waals surface area contributed by atoms with E-state index < -0.39 is 0 Å². The molecule has 2 fully saturated rings. The predicted octanol–water partition coefficient (Wildman–Crippen LogP) is 3.88. The quantitative estimate of drug-likeness (QED) is 0.738. The van der Waals surface area contributed by atoms with Gasteiger partial charge in [0.05, 0.1) is 19.3 Å². The van der Waals surface area contributed by atoms with Crippen LogP contribution in [0.4, 0.5) is 0 Å². The van der Waals surface area contributed by atoms with Crippen molar-refractivity contribution in [1.82, 2.24) is 0 Å². The van der Waals surface area contributed by atoms with E-state index in [0.717, 1.165) is 30.4 Å². The lowest BCUT2D eigenvalue weighted by molar-refractivity contribution is -0.134. The first kappa shape index (κ1) is 16.4. The molecule has 0 amide bonds. The number of hydrogen-bond donors (Lipinski definition) is 0. The summed E-state index contributed by atoms with van der Waals surface area (Å²) in [7, 11) is 0. The molecule has 1 aromatic rings. The minimum Gasteiger partial charge on any atom is -0.379 e. The molecule has 0 spiro atoms. The molecule has 1 heterocycles. The molecule has 0 unspecified atom stereocenters. The smallest absolute Gasteiger partial charge is 0.165 e. The van der Waals surface area contributed by atoms with Gasteiger partial charge in [-0.25, -0.2) is 0 Å². The Bertz CT molecular complexity index is 578. The molecule has 0 bridgehead atoms. The van der Waals surface area contributed by atoms with Crippen LogP contribution in [0, 0.1) is 11.3 Å². The van der Waals surface area contributed by atoms with E-state index in [4.69, 9.17) is 9.47 Å². The summed E-state index contributed by atoms with van der Waals surface area (Å²) in [4.78, 5) is 13.2. The molecule has 1 aliphatic heterocycles. The summed E-state index contributed by atoms with van der Waals surface area (Å²) in [5.74, 6) is 0.545. The number of fused-ring (bicyclic) bond motifs is 1. The summed E-state index contributed by atoms with van der Waals surface area (Å²) in [6.45, 7) is 6.08. The molecule has 124 valence electrons. The molecule has 1 aliphatic carbocycles. The van der Waals surface area contributed by atoms with Gasteiger partial charge in [0, 0.05) is 12.0 Å².